The van der Waals surface area contributed by atoms with E-state index in [1.54, 1.807) is 30.3 Å². The quantitative estimate of drug-likeness (QED) is 0.524. The van der Waals surface area contributed by atoms with Crippen molar-refractivity contribution in [3.05, 3.63) is 80.0 Å². The van der Waals surface area contributed by atoms with Crippen LogP contribution in [0.15, 0.2) is 58.1 Å². The van der Waals surface area contributed by atoms with Gasteiger partial charge in [0.05, 0.1) is 10.9 Å². The van der Waals surface area contributed by atoms with Crippen LogP contribution >= 0.6 is 11.6 Å². The van der Waals surface area contributed by atoms with Crippen LogP contribution in [0.4, 0.5) is 0 Å². The Morgan fingerprint density at radius 1 is 1.11 bits per heavy atom. The molecule has 0 unspecified atom stereocenters. The molecule has 1 aromatic heterocycles. The molecule has 8 heteroatoms. The number of halogens is 1. The fraction of sp³-hybridized carbons (Fsp3) is 0.200. The highest BCUT2D eigenvalue weighted by molar-refractivity contribution is 6.31. The van der Waals surface area contributed by atoms with Crippen LogP contribution in [0.1, 0.15) is 24.2 Å². The standard InChI is InChI=1S/C20H17ClN2O5/c1-20(2,18(26)28-11-16(24)12-6-4-3-5-7-12)23-17(25)14-10-13(21)8-9-15(14)22-19(23)27/h3-10H,11H2,1-2H3,(H,22,27). The van der Waals surface area contributed by atoms with Gasteiger partial charge in [0, 0.05) is 10.6 Å². The second-order valence-electron chi connectivity index (χ2n) is 6.68. The highest BCUT2D eigenvalue weighted by Crippen LogP contribution is 2.17. The number of carbonyl (C=O) groups is 2. The summed E-state index contributed by atoms with van der Waals surface area (Å²) in [5.74, 6) is -1.28. The van der Waals surface area contributed by atoms with Crippen molar-refractivity contribution >= 4 is 34.3 Å². The van der Waals surface area contributed by atoms with Gasteiger partial charge in [0.2, 0.25) is 0 Å². The molecule has 3 aromatic rings. The van der Waals surface area contributed by atoms with Crippen molar-refractivity contribution in [2.45, 2.75) is 19.4 Å². The van der Waals surface area contributed by atoms with E-state index in [1.807, 2.05) is 0 Å². The van der Waals surface area contributed by atoms with Crippen LogP contribution in [0.2, 0.25) is 5.02 Å². The largest absolute Gasteiger partial charge is 0.456 e. The number of hydrogen-bond donors (Lipinski definition) is 1. The Morgan fingerprint density at radius 2 is 1.79 bits per heavy atom. The van der Waals surface area contributed by atoms with Gasteiger partial charge < -0.3 is 9.72 Å². The van der Waals surface area contributed by atoms with E-state index in [0.717, 1.165) is 4.57 Å². The maximum absolute atomic E-state index is 12.8. The first-order valence-electron chi connectivity index (χ1n) is 8.42. The third kappa shape index (κ3) is 3.61. The van der Waals surface area contributed by atoms with Gasteiger partial charge in [-0.1, -0.05) is 41.9 Å². The van der Waals surface area contributed by atoms with Gasteiger partial charge in [-0.15, -0.1) is 0 Å². The van der Waals surface area contributed by atoms with Crippen LogP contribution in [-0.4, -0.2) is 27.9 Å². The third-order valence-electron chi connectivity index (χ3n) is 4.35. The van der Waals surface area contributed by atoms with Crippen molar-refractivity contribution in [3.8, 4) is 0 Å². The van der Waals surface area contributed by atoms with Gasteiger partial charge in [-0.05, 0) is 32.0 Å². The molecule has 0 spiro atoms. The minimum absolute atomic E-state index is 0.160. The van der Waals surface area contributed by atoms with Crippen LogP contribution in [-0.2, 0) is 15.1 Å². The van der Waals surface area contributed by atoms with E-state index >= 15 is 0 Å². The summed E-state index contributed by atoms with van der Waals surface area (Å²) < 4.78 is 5.86. The number of aromatic amines is 1. The van der Waals surface area contributed by atoms with Gasteiger partial charge in [0.15, 0.2) is 12.4 Å². The molecule has 28 heavy (non-hydrogen) atoms. The Labute approximate surface area is 164 Å². The molecule has 0 bridgehead atoms. The third-order valence-corrected chi connectivity index (χ3v) is 4.58. The number of Topliss-reactive ketones (excluding diaryl/α,β-unsaturated/α-hetero) is 1. The molecule has 0 aliphatic carbocycles. The van der Waals surface area contributed by atoms with E-state index in [0.29, 0.717) is 16.1 Å². The van der Waals surface area contributed by atoms with Crippen LogP contribution in [0.25, 0.3) is 10.9 Å². The molecule has 0 aliphatic heterocycles. The van der Waals surface area contributed by atoms with Crippen LogP contribution in [0, 0.1) is 0 Å². The first-order chi connectivity index (χ1) is 13.2. The summed E-state index contributed by atoms with van der Waals surface area (Å²) in [4.78, 5) is 52.5. The Morgan fingerprint density at radius 3 is 2.46 bits per heavy atom. The maximum Gasteiger partial charge on any atom is 0.332 e. The Balaban J connectivity index is 1.91. The van der Waals surface area contributed by atoms with Crippen LogP contribution in [0.3, 0.4) is 0 Å². The number of ether oxygens (including phenoxy) is 1. The summed E-state index contributed by atoms with van der Waals surface area (Å²) in [5.41, 5.74) is -2.39. The molecule has 1 heterocycles. The number of H-pyrrole nitrogens is 1. The summed E-state index contributed by atoms with van der Waals surface area (Å²) in [7, 11) is 0. The molecule has 7 nitrogen and oxygen atoms in total. The lowest BCUT2D eigenvalue weighted by molar-refractivity contribution is -0.151. The van der Waals surface area contributed by atoms with Gasteiger partial charge in [-0.3, -0.25) is 9.59 Å². The van der Waals surface area contributed by atoms with E-state index < -0.39 is 35.1 Å². The Hall–Kier alpha value is -3.19. The summed E-state index contributed by atoms with van der Waals surface area (Å²) in [6.45, 7) is 2.24. The average molecular weight is 401 g/mol. The number of esters is 1. The van der Waals surface area contributed by atoms with Crippen molar-refractivity contribution in [1.82, 2.24) is 9.55 Å². The predicted molar refractivity (Wildman–Crippen MR) is 105 cm³/mol. The molecule has 3 rings (SSSR count). The SMILES string of the molecule is CC(C)(C(=O)OCC(=O)c1ccccc1)n1c(=O)[nH]c2ccc(Cl)cc2c1=O. The zero-order valence-electron chi connectivity index (χ0n) is 15.2. The van der Waals surface area contributed by atoms with E-state index in [2.05, 4.69) is 4.98 Å². The molecule has 0 amide bonds. The summed E-state index contributed by atoms with van der Waals surface area (Å²) in [6.07, 6.45) is 0. The van der Waals surface area contributed by atoms with Crippen LogP contribution < -0.4 is 11.2 Å². The lowest BCUT2D eigenvalue weighted by atomic mass is 10.1. The number of hydrogen-bond acceptors (Lipinski definition) is 5. The van der Waals surface area contributed by atoms with Crippen LogP contribution in [0.5, 0.6) is 0 Å². The van der Waals surface area contributed by atoms with Gasteiger partial charge in [-0.25, -0.2) is 14.2 Å². The number of carbonyl (C=O) groups excluding carboxylic acids is 2. The highest BCUT2D eigenvalue weighted by atomic mass is 35.5. The zero-order valence-corrected chi connectivity index (χ0v) is 15.9. The zero-order chi connectivity index (χ0) is 20.5. The summed E-state index contributed by atoms with van der Waals surface area (Å²) in [6, 6.07) is 12.8. The lowest BCUT2D eigenvalue weighted by Crippen LogP contribution is -2.51. The number of aromatic nitrogens is 2. The van der Waals surface area contributed by atoms with Crippen molar-refractivity contribution < 1.29 is 14.3 Å². The smallest absolute Gasteiger partial charge is 0.332 e. The van der Waals surface area contributed by atoms with Gasteiger partial charge >= 0.3 is 11.7 Å². The van der Waals surface area contributed by atoms with Crippen molar-refractivity contribution in [1.29, 1.82) is 0 Å². The fourth-order valence-electron chi connectivity index (χ4n) is 2.80. The first kappa shape index (κ1) is 19.6. The molecular weight excluding hydrogens is 384 g/mol. The molecule has 144 valence electrons. The molecule has 0 atom stereocenters. The molecule has 0 saturated heterocycles. The molecular formula is C20H17ClN2O5. The van der Waals surface area contributed by atoms with Gasteiger partial charge in [0.1, 0.15) is 5.54 Å². The molecule has 1 N–H and O–H groups in total. The summed E-state index contributed by atoms with van der Waals surface area (Å²) >= 11 is 5.93. The number of nitrogens with zero attached hydrogens (tertiary/aromatic N) is 1. The normalized spacial score (nSPS) is 11.4. The molecule has 0 aliphatic rings. The number of fused-ring (bicyclic) bond motifs is 1. The molecule has 2 aromatic carbocycles. The average Bonchev–Trinajstić information content (AvgIpc) is 2.67. The van der Waals surface area contributed by atoms with Gasteiger partial charge in [0.25, 0.3) is 5.56 Å². The lowest BCUT2D eigenvalue weighted by Gasteiger charge is -2.24. The monoisotopic (exact) mass is 400 g/mol. The number of benzene rings is 2. The Kier molecular flexibility index (Phi) is 5.20. The Bertz CT molecular complexity index is 1180. The number of ketones is 1. The predicted octanol–water partition coefficient (Wildman–Crippen LogP) is 2.50. The fourth-order valence-corrected chi connectivity index (χ4v) is 2.97. The highest BCUT2D eigenvalue weighted by Gasteiger charge is 2.35. The molecule has 0 radical (unpaired) electrons. The minimum atomic E-state index is -1.64. The molecule has 0 saturated carbocycles. The van der Waals surface area contributed by atoms with Crippen molar-refractivity contribution in [3.63, 3.8) is 0 Å². The number of rotatable bonds is 5. The van der Waals surface area contributed by atoms with E-state index in [4.69, 9.17) is 16.3 Å². The topological polar surface area (TPSA) is 98.2 Å². The van der Waals surface area contributed by atoms with E-state index in [9.17, 15) is 19.2 Å². The van der Waals surface area contributed by atoms with Crippen molar-refractivity contribution in [2.24, 2.45) is 0 Å². The minimum Gasteiger partial charge on any atom is -0.456 e. The summed E-state index contributed by atoms with van der Waals surface area (Å²) in [5, 5.41) is 0.477. The second-order valence-corrected chi connectivity index (χ2v) is 7.12. The van der Waals surface area contributed by atoms with Crippen molar-refractivity contribution in [2.75, 3.05) is 6.61 Å². The second kappa shape index (κ2) is 7.44. The van der Waals surface area contributed by atoms with Gasteiger partial charge in [-0.2, -0.15) is 0 Å². The van der Waals surface area contributed by atoms with E-state index in [-0.39, 0.29) is 5.39 Å². The molecule has 0 fully saturated rings. The number of nitrogens with one attached hydrogen (secondary N) is 1. The first-order valence-corrected chi connectivity index (χ1v) is 8.80. The maximum atomic E-state index is 12.8. The van der Waals surface area contributed by atoms with E-state index in [1.165, 1.54) is 32.0 Å².